The van der Waals surface area contributed by atoms with Gasteiger partial charge in [-0.1, -0.05) is 170 Å². The van der Waals surface area contributed by atoms with Gasteiger partial charge in [-0.3, -0.25) is 4.99 Å². The third-order valence-corrected chi connectivity index (χ3v) is 10.7. The van der Waals surface area contributed by atoms with Gasteiger partial charge in [-0.25, -0.2) is 5.84 Å². The van der Waals surface area contributed by atoms with Crippen molar-refractivity contribution in [2.24, 2.45) is 10.8 Å². The van der Waals surface area contributed by atoms with Gasteiger partial charge in [-0.2, -0.15) is 0 Å². The average molecular weight is 694 g/mol. The summed E-state index contributed by atoms with van der Waals surface area (Å²) in [6.07, 6.45) is 0. The van der Waals surface area contributed by atoms with E-state index in [0.29, 0.717) is 5.84 Å². The van der Waals surface area contributed by atoms with Crippen molar-refractivity contribution in [3.05, 3.63) is 205 Å². The van der Waals surface area contributed by atoms with Crippen LogP contribution < -0.4 is 11.3 Å². The number of fused-ring (bicyclic) bond motifs is 8. The van der Waals surface area contributed by atoms with Crippen molar-refractivity contribution < 1.29 is 4.42 Å². The van der Waals surface area contributed by atoms with Gasteiger partial charge in [0.1, 0.15) is 23.0 Å². The second-order valence-corrected chi connectivity index (χ2v) is 13.7. The summed E-state index contributed by atoms with van der Waals surface area (Å²) in [5, 5.41) is 9.43. The maximum absolute atomic E-state index is 6.44. The molecule has 1 atom stereocenters. The summed E-state index contributed by atoms with van der Waals surface area (Å²) < 4.78 is 6.44. The van der Waals surface area contributed by atoms with Gasteiger partial charge in [-0.05, 0) is 83.9 Å². The van der Waals surface area contributed by atoms with Crippen molar-refractivity contribution in [3.8, 4) is 22.3 Å². The molecule has 0 amide bonds. The van der Waals surface area contributed by atoms with E-state index in [-0.39, 0.29) is 6.04 Å². The van der Waals surface area contributed by atoms with Crippen LogP contribution in [0, 0.1) is 0 Å². The molecule has 9 aromatic carbocycles. The second-order valence-electron chi connectivity index (χ2n) is 13.7. The van der Waals surface area contributed by atoms with E-state index in [1.807, 2.05) is 36.4 Å². The number of benzene rings is 9. The molecule has 1 unspecified atom stereocenters. The largest absolute Gasteiger partial charge is 0.456 e. The fourth-order valence-corrected chi connectivity index (χ4v) is 8.18. The number of nitrogens with zero attached hydrogens (tertiary/aromatic N) is 1. The summed E-state index contributed by atoms with van der Waals surface area (Å²) in [7, 11) is 0. The first-order valence-electron chi connectivity index (χ1n) is 18.3. The number of furan rings is 1. The predicted octanol–water partition coefficient (Wildman–Crippen LogP) is 12.4. The van der Waals surface area contributed by atoms with Gasteiger partial charge in [0.25, 0.3) is 0 Å². The van der Waals surface area contributed by atoms with Crippen LogP contribution in [0.5, 0.6) is 0 Å². The average Bonchev–Trinajstić information content (AvgIpc) is 3.63. The second kappa shape index (κ2) is 13.2. The molecule has 0 aliphatic heterocycles. The van der Waals surface area contributed by atoms with Gasteiger partial charge in [-0.15, -0.1) is 0 Å². The van der Waals surface area contributed by atoms with Crippen LogP contribution in [-0.4, -0.2) is 5.84 Å². The first-order valence-corrected chi connectivity index (χ1v) is 18.3. The lowest BCUT2D eigenvalue weighted by Crippen LogP contribution is -2.31. The van der Waals surface area contributed by atoms with Crippen molar-refractivity contribution in [3.63, 3.8) is 0 Å². The number of amidine groups is 1. The van der Waals surface area contributed by atoms with E-state index in [0.717, 1.165) is 66.3 Å². The smallest absolute Gasteiger partial charge is 0.143 e. The lowest BCUT2D eigenvalue weighted by Gasteiger charge is -2.24. The van der Waals surface area contributed by atoms with Gasteiger partial charge in [0.05, 0.1) is 0 Å². The molecular formula is C50H35N3O. The minimum Gasteiger partial charge on any atom is -0.456 e. The van der Waals surface area contributed by atoms with E-state index in [4.69, 9.17) is 15.3 Å². The van der Waals surface area contributed by atoms with Gasteiger partial charge in [0.2, 0.25) is 0 Å². The Balaban J connectivity index is 1.17. The van der Waals surface area contributed by atoms with Crippen LogP contribution in [0.2, 0.25) is 0 Å². The van der Waals surface area contributed by atoms with Crippen molar-refractivity contribution >= 4 is 60.1 Å². The Morgan fingerprint density at radius 2 is 1.07 bits per heavy atom. The molecule has 4 nitrogen and oxygen atoms in total. The molecule has 0 aliphatic rings. The number of nitrogens with one attached hydrogen (secondary N) is 1. The maximum atomic E-state index is 6.44. The Bertz CT molecular complexity index is 3020. The van der Waals surface area contributed by atoms with Crippen LogP contribution in [-0.2, 0) is 0 Å². The lowest BCUT2D eigenvalue weighted by atomic mass is 9.83. The highest BCUT2D eigenvalue weighted by Gasteiger charge is 2.25. The standard InChI is InChI=1S/C50H35N3O/c51-53-50(36-16-5-2-6-17-36)52-49(35-14-3-1-4-15-35)48-42-22-12-10-20-40(42)39-19-9-11-21-41(39)46(48)34-25-23-32(24-26-34)37-27-29-43-45(31-37)54-44-30-28-33-13-7-8-18-38(33)47(43)44/h1-31,49H,51H2,(H,52,53). The Labute approximate surface area is 312 Å². The number of aliphatic imine (C=N–C) groups is 1. The molecule has 1 aromatic heterocycles. The van der Waals surface area contributed by atoms with E-state index in [1.54, 1.807) is 0 Å². The summed E-state index contributed by atoms with van der Waals surface area (Å²) in [6, 6.07) is 65.8. The number of hydrazine groups is 1. The monoisotopic (exact) mass is 693 g/mol. The highest BCUT2D eigenvalue weighted by Crippen LogP contribution is 2.45. The topological polar surface area (TPSA) is 63.5 Å². The Hall–Kier alpha value is -7.01. The third kappa shape index (κ3) is 5.31. The molecular weight excluding hydrogens is 659 g/mol. The Morgan fingerprint density at radius 1 is 0.481 bits per heavy atom. The molecule has 0 spiro atoms. The van der Waals surface area contributed by atoms with E-state index in [9.17, 15) is 0 Å². The fourth-order valence-electron chi connectivity index (χ4n) is 8.18. The maximum Gasteiger partial charge on any atom is 0.143 e. The third-order valence-electron chi connectivity index (χ3n) is 10.7. The Morgan fingerprint density at radius 3 is 1.81 bits per heavy atom. The van der Waals surface area contributed by atoms with Gasteiger partial charge >= 0.3 is 0 Å². The normalized spacial score (nSPS) is 12.6. The van der Waals surface area contributed by atoms with Crippen LogP contribution in [0.3, 0.4) is 0 Å². The molecule has 0 aliphatic carbocycles. The first kappa shape index (κ1) is 31.7. The number of hydrogen-bond acceptors (Lipinski definition) is 3. The highest BCUT2D eigenvalue weighted by molar-refractivity contribution is 6.19. The van der Waals surface area contributed by atoms with Gasteiger partial charge in [0.15, 0.2) is 0 Å². The summed E-state index contributed by atoms with van der Waals surface area (Å²) in [6.45, 7) is 0. The molecule has 0 saturated heterocycles. The highest BCUT2D eigenvalue weighted by atomic mass is 16.3. The van der Waals surface area contributed by atoms with Crippen LogP contribution in [0.1, 0.15) is 22.7 Å². The zero-order valence-electron chi connectivity index (χ0n) is 29.4. The number of rotatable bonds is 6. The van der Waals surface area contributed by atoms with E-state index in [1.165, 1.54) is 26.9 Å². The molecule has 54 heavy (non-hydrogen) atoms. The van der Waals surface area contributed by atoms with Crippen molar-refractivity contribution in [1.82, 2.24) is 5.43 Å². The fraction of sp³-hybridized carbons (Fsp3) is 0.0200. The van der Waals surface area contributed by atoms with Crippen LogP contribution in [0.4, 0.5) is 0 Å². The molecule has 3 N–H and O–H groups in total. The van der Waals surface area contributed by atoms with Gasteiger partial charge in [0, 0.05) is 16.3 Å². The summed E-state index contributed by atoms with van der Waals surface area (Å²) in [5.74, 6) is 6.85. The predicted molar refractivity (Wildman–Crippen MR) is 226 cm³/mol. The minimum absolute atomic E-state index is 0.367. The number of hydrogen-bond donors (Lipinski definition) is 2. The van der Waals surface area contributed by atoms with Crippen molar-refractivity contribution in [2.75, 3.05) is 0 Å². The molecule has 0 radical (unpaired) electrons. The number of nitrogens with two attached hydrogens (primary N) is 1. The summed E-state index contributed by atoms with van der Waals surface area (Å²) >= 11 is 0. The SMILES string of the molecule is NN/C(=N\C(c1ccccc1)c1c(-c2ccc(-c3ccc4c(c3)oc3ccc5ccccc5c34)cc2)c2ccccc2c2ccccc12)c1ccccc1. The molecule has 0 bridgehead atoms. The van der Waals surface area contributed by atoms with Crippen molar-refractivity contribution in [1.29, 1.82) is 0 Å². The minimum atomic E-state index is -0.367. The van der Waals surface area contributed by atoms with Crippen LogP contribution in [0.15, 0.2) is 197 Å². The van der Waals surface area contributed by atoms with E-state index < -0.39 is 0 Å². The summed E-state index contributed by atoms with van der Waals surface area (Å²) in [4.78, 5) is 5.45. The van der Waals surface area contributed by atoms with E-state index in [2.05, 4.69) is 157 Å². The molecule has 256 valence electrons. The molecule has 0 fully saturated rings. The molecule has 10 aromatic rings. The zero-order valence-corrected chi connectivity index (χ0v) is 29.4. The zero-order chi connectivity index (χ0) is 36.0. The van der Waals surface area contributed by atoms with Crippen LogP contribution >= 0.6 is 0 Å². The molecule has 10 rings (SSSR count). The Kier molecular flexibility index (Phi) is 7.75. The molecule has 4 heteroatoms. The quantitative estimate of drug-likeness (QED) is 0.0599. The lowest BCUT2D eigenvalue weighted by molar-refractivity contribution is 0.669. The summed E-state index contributed by atoms with van der Waals surface area (Å²) in [5.41, 5.74) is 12.3. The van der Waals surface area contributed by atoms with Gasteiger partial charge < -0.3 is 9.84 Å². The van der Waals surface area contributed by atoms with E-state index >= 15 is 0 Å². The van der Waals surface area contributed by atoms with Crippen LogP contribution in [0.25, 0.3) is 76.5 Å². The first-order chi connectivity index (χ1) is 26.7. The van der Waals surface area contributed by atoms with Crippen molar-refractivity contribution in [2.45, 2.75) is 6.04 Å². The molecule has 1 heterocycles. The molecule has 0 saturated carbocycles.